The molecule has 92 valence electrons. The Morgan fingerprint density at radius 1 is 1.22 bits per heavy atom. The normalized spacial score (nSPS) is 17.7. The van der Waals surface area contributed by atoms with E-state index in [1.807, 2.05) is 25.1 Å². The second-order valence-electron chi connectivity index (χ2n) is 4.36. The lowest BCUT2D eigenvalue weighted by Crippen LogP contribution is -2.21. The highest BCUT2D eigenvalue weighted by molar-refractivity contribution is 5.46. The monoisotopic (exact) mass is 241 g/mol. The molecule has 1 unspecified atom stereocenters. The number of rotatable bonds is 2. The van der Waals surface area contributed by atoms with Crippen LogP contribution in [-0.4, -0.2) is 16.6 Å². The van der Waals surface area contributed by atoms with Crippen LogP contribution in [0.15, 0.2) is 36.7 Å². The second kappa shape index (κ2) is 4.64. The molecule has 1 N–H and O–H groups in total. The van der Waals surface area contributed by atoms with Crippen LogP contribution in [0.5, 0.6) is 5.75 Å². The van der Waals surface area contributed by atoms with Crippen molar-refractivity contribution in [2.75, 3.05) is 11.9 Å². The molecule has 0 radical (unpaired) electrons. The topological polar surface area (TPSA) is 47.0 Å². The second-order valence-corrected chi connectivity index (χ2v) is 4.36. The van der Waals surface area contributed by atoms with Gasteiger partial charge in [0.15, 0.2) is 0 Å². The summed E-state index contributed by atoms with van der Waals surface area (Å²) in [6.07, 6.45) is 4.35. The molecule has 0 amide bonds. The van der Waals surface area contributed by atoms with Gasteiger partial charge in [0, 0.05) is 24.4 Å². The summed E-state index contributed by atoms with van der Waals surface area (Å²) in [5, 5.41) is 3.45. The van der Waals surface area contributed by atoms with Crippen molar-refractivity contribution in [3.05, 3.63) is 47.9 Å². The number of hydrogen-bond acceptors (Lipinski definition) is 4. The zero-order valence-corrected chi connectivity index (χ0v) is 10.3. The molecule has 0 saturated heterocycles. The molecule has 18 heavy (non-hydrogen) atoms. The Labute approximate surface area is 106 Å². The molecule has 1 aromatic carbocycles. The first-order chi connectivity index (χ1) is 8.84. The van der Waals surface area contributed by atoms with Gasteiger partial charge in [-0.25, -0.2) is 4.98 Å². The largest absolute Gasteiger partial charge is 0.493 e. The first-order valence-corrected chi connectivity index (χ1v) is 6.10. The van der Waals surface area contributed by atoms with Gasteiger partial charge in [0.2, 0.25) is 0 Å². The Balaban J connectivity index is 1.89. The van der Waals surface area contributed by atoms with E-state index in [9.17, 15) is 0 Å². The summed E-state index contributed by atoms with van der Waals surface area (Å²) in [6.45, 7) is 2.69. The van der Waals surface area contributed by atoms with Gasteiger partial charge in [0.1, 0.15) is 11.6 Å². The maximum Gasteiger partial charge on any atom is 0.147 e. The first-order valence-electron chi connectivity index (χ1n) is 6.10. The summed E-state index contributed by atoms with van der Waals surface area (Å²) in [5.74, 6) is 1.81. The van der Waals surface area contributed by atoms with Crippen LogP contribution in [0.3, 0.4) is 0 Å². The van der Waals surface area contributed by atoms with Crippen LogP contribution in [-0.2, 0) is 0 Å². The molecule has 0 fully saturated rings. The summed E-state index contributed by atoms with van der Waals surface area (Å²) < 4.78 is 5.65. The number of fused-ring (bicyclic) bond motifs is 1. The van der Waals surface area contributed by atoms with Gasteiger partial charge in [-0.2, -0.15) is 0 Å². The molecular formula is C14H15N3O. The number of anilines is 1. The van der Waals surface area contributed by atoms with Crippen molar-refractivity contribution >= 4 is 5.82 Å². The Hall–Kier alpha value is -2.10. The van der Waals surface area contributed by atoms with Gasteiger partial charge < -0.3 is 10.1 Å². The highest BCUT2D eigenvalue weighted by atomic mass is 16.5. The van der Waals surface area contributed by atoms with Crippen molar-refractivity contribution in [1.82, 2.24) is 9.97 Å². The molecular weight excluding hydrogens is 226 g/mol. The van der Waals surface area contributed by atoms with Crippen LogP contribution in [0.2, 0.25) is 0 Å². The third-order valence-corrected chi connectivity index (χ3v) is 3.15. The van der Waals surface area contributed by atoms with E-state index in [0.29, 0.717) is 0 Å². The Kier molecular flexibility index (Phi) is 2.84. The lowest BCUT2D eigenvalue weighted by molar-refractivity contribution is 0.274. The minimum atomic E-state index is 0.241. The van der Waals surface area contributed by atoms with Gasteiger partial charge in [-0.1, -0.05) is 18.2 Å². The molecule has 1 aliphatic heterocycles. The molecule has 1 aliphatic rings. The molecule has 0 spiro atoms. The molecule has 4 heteroatoms. The van der Waals surface area contributed by atoms with Gasteiger partial charge in [0.25, 0.3) is 0 Å². The first kappa shape index (κ1) is 11.0. The minimum Gasteiger partial charge on any atom is -0.493 e. The zero-order chi connectivity index (χ0) is 12.4. The van der Waals surface area contributed by atoms with Crippen LogP contribution < -0.4 is 10.1 Å². The van der Waals surface area contributed by atoms with Gasteiger partial charge in [-0.05, 0) is 13.0 Å². The quantitative estimate of drug-likeness (QED) is 0.878. The number of nitrogens with zero attached hydrogens (tertiary/aromatic N) is 2. The average Bonchev–Trinajstić information content (AvgIpc) is 2.42. The Morgan fingerprint density at radius 2 is 2.06 bits per heavy atom. The van der Waals surface area contributed by atoms with Crippen molar-refractivity contribution in [3.63, 3.8) is 0 Å². The van der Waals surface area contributed by atoms with E-state index < -0.39 is 0 Å². The molecule has 1 aromatic heterocycles. The third-order valence-electron chi connectivity index (χ3n) is 3.15. The highest BCUT2D eigenvalue weighted by Gasteiger charge is 2.21. The molecule has 0 bridgehead atoms. The number of aromatic nitrogens is 2. The van der Waals surface area contributed by atoms with Crippen LogP contribution in [0.4, 0.5) is 5.82 Å². The predicted octanol–water partition coefficient (Wildman–Crippen LogP) is 2.72. The lowest BCUT2D eigenvalue weighted by atomic mass is 10.0. The molecule has 4 nitrogen and oxygen atoms in total. The smallest absolute Gasteiger partial charge is 0.147 e. The van der Waals surface area contributed by atoms with E-state index in [-0.39, 0.29) is 6.04 Å². The molecule has 3 rings (SSSR count). The van der Waals surface area contributed by atoms with Crippen molar-refractivity contribution < 1.29 is 4.74 Å². The van der Waals surface area contributed by atoms with Crippen molar-refractivity contribution in [3.8, 4) is 5.75 Å². The lowest BCUT2D eigenvalue weighted by Gasteiger charge is -2.27. The number of hydrogen-bond donors (Lipinski definition) is 1. The van der Waals surface area contributed by atoms with Crippen LogP contribution in [0, 0.1) is 6.92 Å². The van der Waals surface area contributed by atoms with Crippen molar-refractivity contribution in [2.24, 2.45) is 0 Å². The van der Waals surface area contributed by atoms with E-state index >= 15 is 0 Å². The third kappa shape index (κ3) is 2.01. The van der Waals surface area contributed by atoms with E-state index in [1.54, 1.807) is 12.4 Å². The maximum absolute atomic E-state index is 5.65. The zero-order valence-electron chi connectivity index (χ0n) is 10.3. The highest BCUT2D eigenvalue weighted by Crippen LogP contribution is 2.33. The molecule has 2 aromatic rings. The standard InChI is InChI=1S/C14H15N3O/c1-10-14(16-8-7-15-10)17-12-6-9-18-13-5-3-2-4-11(12)13/h2-5,7-8,12H,6,9H2,1H3,(H,16,17). The summed E-state index contributed by atoms with van der Waals surface area (Å²) >= 11 is 0. The maximum atomic E-state index is 5.65. The number of benzene rings is 1. The number of para-hydroxylation sites is 1. The molecule has 2 heterocycles. The Morgan fingerprint density at radius 3 is 2.94 bits per heavy atom. The molecule has 0 saturated carbocycles. The summed E-state index contributed by atoms with van der Waals surface area (Å²) in [7, 11) is 0. The predicted molar refractivity (Wildman–Crippen MR) is 69.7 cm³/mol. The van der Waals surface area contributed by atoms with Crippen molar-refractivity contribution in [1.29, 1.82) is 0 Å². The van der Waals surface area contributed by atoms with Gasteiger partial charge in [-0.3, -0.25) is 4.98 Å². The number of ether oxygens (including phenoxy) is 1. The fourth-order valence-electron chi connectivity index (χ4n) is 2.21. The van der Waals surface area contributed by atoms with Gasteiger partial charge in [0.05, 0.1) is 18.3 Å². The molecule has 0 aliphatic carbocycles. The Bertz CT molecular complexity index is 556. The van der Waals surface area contributed by atoms with Crippen LogP contribution >= 0.6 is 0 Å². The van der Waals surface area contributed by atoms with E-state index in [0.717, 1.165) is 30.3 Å². The summed E-state index contributed by atoms with van der Waals surface area (Å²) in [5.41, 5.74) is 2.11. The van der Waals surface area contributed by atoms with Crippen LogP contribution in [0.1, 0.15) is 23.7 Å². The van der Waals surface area contributed by atoms with E-state index in [4.69, 9.17) is 4.74 Å². The van der Waals surface area contributed by atoms with Crippen LogP contribution in [0.25, 0.3) is 0 Å². The summed E-state index contributed by atoms with van der Waals surface area (Å²) in [4.78, 5) is 8.58. The van der Waals surface area contributed by atoms with E-state index in [1.165, 1.54) is 5.56 Å². The van der Waals surface area contributed by atoms with Gasteiger partial charge in [-0.15, -0.1) is 0 Å². The van der Waals surface area contributed by atoms with E-state index in [2.05, 4.69) is 21.4 Å². The number of aryl methyl sites for hydroxylation is 1. The molecule has 1 atom stereocenters. The SMILES string of the molecule is Cc1nccnc1NC1CCOc2ccccc21. The number of nitrogens with one attached hydrogen (secondary N) is 1. The fraction of sp³-hybridized carbons (Fsp3) is 0.286. The minimum absolute atomic E-state index is 0.241. The summed E-state index contributed by atoms with van der Waals surface area (Å²) in [6, 6.07) is 8.37. The fourth-order valence-corrected chi connectivity index (χ4v) is 2.21. The van der Waals surface area contributed by atoms with Crippen molar-refractivity contribution in [2.45, 2.75) is 19.4 Å². The average molecular weight is 241 g/mol. The van der Waals surface area contributed by atoms with Gasteiger partial charge >= 0.3 is 0 Å².